The van der Waals surface area contributed by atoms with Gasteiger partial charge in [0.2, 0.25) is 0 Å². The normalized spacial score (nSPS) is 30.1. The molecule has 1 heterocycles. The third-order valence-electron chi connectivity index (χ3n) is 4.45. The van der Waals surface area contributed by atoms with E-state index in [-0.39, 0.29) is 11.9 Å². The summed E-state index contributed by atoms with van der Waals surface area (Å²) >= 11 is 0. The van der Waals surface area contributed by atoms with Gasteiger partial charge < -0.3 is 10.1 Å². The van der Waals surface area contributed by atoms with Crippen molar-refractivity contribution in [3.05, 3.63) is 0 Å². The molecular formula is C15H27NO2. The van der Waals surface area contributed by atoms with E-state index in [4.69, 9.17) is 4.74 Å². The Bertz CT molecular complexity index is 261. The number of piperidine rings is 1. The van der Waals surface area contributed by atoms with Gasteiger partial charge in [-0.05, 0) is 38.1 Å². The number of carbonyl (C=O) groups is 1. The zero-order valence-electron chi connectivity index (χ0n) is 11.6. The molecule has 0 aromatic rings. The number of hydrogen-bond donors (Lipinski definition) is 1. The first kappa shape index (κ1) is 13.9. The van der Waals surface area contributed by atoms with Crippen molar-refractivity contribution in [3.8, 4) is 0 Å². The third kappa shape index (κ3) is 3.98. The second-order valence-electron chi connectivity index (χ2n) is 5.95. The van der Waals surface area contributed by atoms with E-state index in [9.17, 15) is 4.79 Å². The van der Waals surface area contributed by atoms with Crippen molar-refractivity contribution in [1.82, 2.24) is 5.32 Å². The molecule has 1 aliphatic carbocycles. The van der Waals surface area contributed by atoms with Crippen molar-refractivity contribution in [1.29, 1.82) is 0 Å². The highest BCUT2D eigenvalue weighted by atomic mass is 16.5. The van der Waals surface area contributed by atoms with Crippen molar-refractivity contribution in [2.24, 2.45) is 17.8 Å². The van der Waals surface area contributed by atoms with Crippen LogP contribution in [0.2, 0.25) is 0 Å². The zero-order chi connectivity index (χ0) is 12.8. The van der Waals surface area contributed by atoms with Crippen LogP contribution in [0, 0.1) is 17.8 Å². The number of carbonyl (C=O) groups excluding carboxylic acids is 1. The molecule has 0 bridgehead atoms. The molecule has 1 saturated carbocycles. The van der Waals surface area contributed by atoms with Gasteiger partial charge in [-0.25, -0.2) is 0 Å². The van der Waals surface area contributed by atoms with Gasteiger partial charge in [0.15, 0.2) is 0 Å². The highest BCUT2D eigenvalue weighted by Crippen LogP contribution is 2.32. The van der Waals surface area contributed by atoms with Gasteiger partial charge in [-0.2, -0.15) is 0 Å². The average molecular weight is 253 g/mol. The Balaban J connectivity index is 1.77. The van der Waals surface area contributed by atoms with E-state index in [1.807, 2.05) is 6.92 Å². The van der Waals surface area contributed by atoms with E-state index < -0.39 is 0 Å². The second kappa shape index (κ2) is 7.13. The smallest absolute Gasteiger partial charge is 0.310 e. The lowest BCUT2D eigenvalue weighted by Gasteiger charge is -2.32. The Kier molecular flexibility index (Phi) is 5.48. The molecule has 2 aliphatic rings. The summed E-state index contributed by atoms with van der Waals surface area (Å²) in [6.45, 7) is 4.28. The summed E-state index contributed by atoms with van der Waals surface area (Å²) in [5.41, 5.74) is 0. The maximum Gasteiger partial charge on any atom is 0.310 e. The van der Waals surface area contributed by atoms with E-state index in [1.165, 1.54) is 38.5 Å². The first-order valence-corrected chi connectivity index (χ1v) is 7.67. The lowest BCUT2D eigenvalue weighted by molar-refractivity contribution is -0.149. The van der Waals surface area contributed by atoms with E-state index in [0.717, 1.165) is 25.4 Å². The molecule has 2 rings (SSSR count). The van der Waals surface area contributed by atoms with Crippen LogP contribution in [0.1, 0.15) is 51.9 Å². The summed E-state index contributed by atoms with van der Waals surface area (Å²) in [7, 11) is 0. The maximum atomic E-state index is 11.8. The highest BCUT2D eigenvalue weighted by molar-refractivity contribution is 5.72. The minimum absolute atomic E-state index is 0.00153. The molecule has 0 amide bonds. The topological polar surface area (TPSA) is 38.3 Å². The van der Waals surface area contributed by atoms with Gasteiger partial charge in [0, 0.05) is 6.54 Å². The van der Waals surface area contributed by atoms with Gasteiger partial charge in [0.25, 0.3) is 0 Å². The monoisotopic (exact) mass is 253 g/mol. The molecule has 1 N–H and O–H groups in total. The molecule has 0 unspecified atom stereocenters. The number of ether oxygens (including phenoxy) is 1. The first-order chi connectivity index (χ1) is 8.79. The largest absolute Gasteiger partial charge is 0.466 e. The predicted octanol–water partition coefficient (Wildman–Crippen LogP) is 2.75. The van der Waals surface area contributed by atoms with E-state index in [1.54, 1.807) is 0 Å². The SMILES string of the molecule is CCOC(=O)[C@H]1CNC[C@H](CC2CCCCC2)C1. The van der Waals surface area contributed by atoms with Crippen LogP contribution < -0.4 is 5.32 Å². The Hall–Kier alpha value is -0.570. The molecule has 3 heteroatoms. The van der Waals surface area contributed by atoms with Crippen molar-refractivity contribution in [2.45, 2.75) is 51.9 Å². The Morgan fingerprint density at radius 2 is 1.94 bits per heavy atom. The first-order valence-electron chi connectivity index (χ1n) is 7.67. The van der Waals surface area contributed by atoms with Crippen LogP contribution in [0.25, 0.3) is 0 Å². The molecule has 2 fully saturated rings. The molecule has 0 radical (unpaired) electrons. The van der Waals surface area contributed by atoms with Crippen molar-refractivity contribution in [3.63, 3.8) is 0 Å². The number of rotatable bonds is 4. The number of esters is 1. The molecule has 0 aromatic carbocycles. The van der Waals surface area contributed by atoms with Crippen LogP contribution in [-0.4, -0.2) is 25.7 Å². The summed E-state index contributed by atoms with van der Waals surface area (Å²) in [4.78, 5) is 11.8. The van der Waals surface area contributed by atoms with Gasteiger partial charge in [-0.15, -0.1) is 0 Å². The van der Waals surface area contributed by atoms with Crippen molar-refractivity contribution < 1.29 is 9.53 Å². The average Bonchev–Trinajstić information content (AvgIpc) is 2.40. The van der Waals surface area contributed by atoms with Crippen LogP contribution in [0.3, 0.4) is 0 Å². The van der Waals surface area contributed by atoms with Gasteiger partial charge in [-0.3, -0.25) is 4.79 Å². The van der Waals surface area contributed by atoms with Crippen LogP contribution in [0.4, 0.5) is 0 Å². The molecular weight excluding hydrogens is 226 g/mol. The molecule has 1 saturated heterocycles. The molecule has 18 heavy (non-hydrogen) atoms. The fourth-order valence-corrected chi connectivity index (χ4v) is 3.54. The summed E-state index contributed by atoms with van der Waals surface area (Å²) < 4.78 is 5.14. The van der Waals surface area contributed by atoms with Gasteiger partial charge in [0.1, 0.15) is 0 Å². The second-order valence-corrected chi connectivity index (χ2v) is 5.95. The quantitative estimate of drug-likeness (QED) is 0.783. The number of hydrogen-bond acceptors (Lipinski definition) is 3. The summed E-state index contributed by atoms with van der Waals surface area (Å²) in [5.74, 6) is 1.67. The lowest BCUT2D eigenvalue weighted by atomic mass is 9.79. The van der Waals surface area contributed by atoms with Crippen LogP contribution in [0.5, 0.6) is 0 Å². The summed E-state index contributed by atoms with van der Waals surface area (Å²) in [6.07, 6.45) is 9.38. The fourth-order valence-electron chi connectivity index (χ4n) is 3.54. The third-order valence-corrected chi connectivity index (χ3v) is 4.45. The lowest BCUT2D eigenvalue weighted by Crippen LogP contribution is -2.41. The van der Waals surface area contributed by atoms with Gasteiger partial charge >= 0.3 is 5.97 Å². The maximum absolute atomic E-state index is 11.8. The Morgan fingerprint density at radius 1 is 1.17 bits per heavy atom. The molecule has 2 atom stereocenters. The van der Waals surface area contributed by atoms with Crippen LogP contribution >= 0.6 is 0 Å². The predicted molar refractivity (Wildman–Crippen MR) is 72.3 cm³/mol. The standard InChI is InChI=1S/C15H27NO2/c1-2-18-15(17)14-9-13(10-16-11-14)8-12-6-4-3-5-7-12/h12-14,16H,2-11H2,1H3/t13-,14-/m1/s1. The van der Waals surface area contributed by atoms with Crippen LogP contribution in [0.15, 0.2) is 0 Å². The Labute approximate surface area is 111 Å². The zero-order valence-corrected chi connectivity index (χ0v) is 11.6. The molecule has 0 spiro atoms. The minimum Gasteiger partial charge on any atom is -0.466 e. The summed E-state index contributed by atoms with van der Waals surface area (Å²) in [6, 6.07) is 0. The minimum atomic E-state index is -0.00153. The van der Waals surface area contributed by atoms with E-state index in [2.05, 4.69) is 5.32 Å². The molecule has 1 aliphatic heterocycles. The van der Waals surface area contributed by atoms with Gasteiger partial charge in [0.05, 0.1) is 12.5 Å². The van der Waals surface area contributed by atoms with E-state index >= 15 is 0 Å². The highest BCUT2D eigenvalue weighted by Gasteiger charge is 2.29. The molecule has 3 nitrogen and oxygen atoms in total. The fraction of sp³-hybridized carbons (Fsp3) is 0.933. The molecule has 0 aromatic heterocycles. The van der Waals surface area contributed by atoms with E-state index in [0.29, 0.717) is 12.5 Å². The summed E-state index contributed by atoms with van der Waals surface area (Å²) in [5, 5.41) is 3.41. The number of nitrogens with one attached hydrogen (secondary N) is 1. The van der Waals surface area contributed by atoms with Crippen molar-refractivity contribution >= 4 is 5.97 Å². The van der Waals surface area contributed by atoms with Gasteiger partial charge in [-0.1, -0.05) is 32.1 Å². The van der Waals surface area contributed by atoms with Crippen molar-refractivity contribution in [2.75, 3.05) is 19.7 Å². The van der Waals surface area contributed by atoms with Crippen LogP contribution in [-0.2, 0) is 9.53 Å². The molecule has 104 valence electrons. The Morgan fingerprint density at radius 3 is 2.67 bits per heavy atom.